The molecule has 0 bridgehead atoms. The van der Waals surface area contributed by atoms with Crippen molar-refractivity contribution in [3.8, 4) is 11.8 Å². The van der Waals surface area contributed by atoms with Gasteiger partial charge in [-0.15, -0.1) is 0 Å². The van der Waals surface area contributed by atoms with Crippen LogP contribution in [0.3, 0.4) is 0 Å². The van der Waals surface area contributed by atoms with Gasteiger partial charge in [0.15, 0.2) is 0 Å². The molecular weight excluding hydrogens is 205 g/mol. The highest BCUT2D eigenvalue weighted by molar-refractivity contribution is 5.13. The molecule has 4 heteroatoms. The van der Waals surface area contributed by atoms with Gasteiger partial charge in [-0.2, -0.15) is 13.2 Å². The Morgan fingerprint density at radius 1 is 1.13 bits per heavy atom. The monoisotopic (exact) mass is 214 g/mol. The molecule has 0 aliphatic rings. The SMILES string of the molecule is FC(F)(F)C#CCOCc1ccccc1. The first-order chi connectivity index (χ1) is 7.08. The summed E-state index contributed by atoms with van der Waals surface area (Å²) in [5.74, 6) is 3.03. The normalized spacial score (nSPS) is 10.6. The van der Waals surface area contributed by atoms with Crippen molar-refractivity contribution in [3.63, 3.8) is 0 Å². The molecule has 1 nitrogen and oxygen atoms in total. The van der Waals surface area contributed by atoms with E-state index in [4.69, 9.17) is 4.74 Å². The molecule has 80 valence electrons. The molecule has 0 radical (unpaired) electrons. The van der Waals surface area contributed by atoms with E-state index in [9.17, 15) is 13.2 Å². The van der Waals surface area contributed by atoms with E-state index in [1.807, 2.05) is 36.3 Å². The lowest BCUT2D eigenvalue weighted by atomic mass is 10.2. The average molecular weight is 214 g/mol. The van der Waals surface area contributed by atoms with Crippen molar-refractivity contribution in [2.75, 3.05) is 6.61 Å². The molecule has 0 atom stereocenters. The van der Waals surface area contributed by atoms with Crippen molar-refractivity contribution >= 4 is 0 Å². The van der Waals surface area contributed by atoms with Crippen LogP contribution in [-0.4, -0.2) is 12.8 Å². The van der Waals surface area contributed by atoms with Crippen LogP contribution in [0.4, 0.5) is 13.2 Å². The highest BCUT2D eigenvalue weighted by Gasteiger charge is 2.22. The molecule has 0 aliphatic carbocycles. The van der Waals surface area contributed by atoms with Gasteiger partial charge in [-0.05, 0) is 5.56 Å². The predicted octanol–water partition coefficient (Wildman–Crippen LogP) is 2.77. The maximum Gasteiger partial charge on any atom is 0.457 e. The van der Waals surface area contributed by atoms with E-state index in [1.165, 1.54) is 0 Å². The van der Waals surface area contributed by atoms with Gasteiger partial charge in [-0.25, -0.2) is 0 Å². The van der Waals surface area contributed by atoms with E-state index in [-0.39, 0.29) is 13.2 Å². The molecule has 0 heterocycles. The first-order valence-corrected chi connectivity index (χ1v) is 4.26. The smallest absolute Gasteiger partial charge is 0.364 e. The lowest BCUT2D eigenvalue weighted by Gasteiger charge is -1.99. The largest absolute Gasteiger partial charge is 0.457 e. The van der Waals surface area contributed by atoms with Gasteiger partial charge in [-0.3, -0.25) is 0 Å². The minimum absolute atomic E-state index is 0.214. The zero-order valence-electron chi connectivity index (χ0n) is 7.84. The molecule has 1 rings (SSSR count). The van der Waals surface area contributed by atoms with Crippen molar-refractivity contribution in [1.29, 1.82) is 0 Å². The summed E-state index contributed by atoms with van der Waals surface area (Å²) in [6.45, 7) is 0.0573. The van der Waals surface area contributed by atoms with Crippen LogP contribution >= 0.6 is 0 Å². The van der Waals surface area contributed by atoms with Gasteiger partial charge in [0.05, 0.1) is 6.61 Å². The van der Waals surface area contributed by atoms with Gasteiger partial charge in [0.2, 0.25) is 0 Å². The average Bonchev–Trinajstić information content (AvgIpc) is 2.17. The number of hydrogen-bond donors (Lipinski definition) is 0. The summed E-state index contributed by atoms with van der Waals surface area (Å²) < 4.78 is 39.7. The number of benzene rings is 1. The number of rotatable bonds is 3. The van der Waals surface area contributed by atoms with Crippen LogP contribution in [0.2, 0.25) is 0 Å². The van der Waals surface area contributed by atoms with Crippen molar-refractivity contribution in [2.45, 2.75) is 12.8 Å². The van der Waals surface area contributed by atoms with Crippen LogP contribution in [0.15, 0.2) is 30.3 Å². The molecule has 0 fully saturated rings. The van der Waals surface area contributed by atoms with Crippen LogP contribution in [0.5, 0.6) is 0 Å². The fraction of sp³-hybridized carbons (Fsp3) is 0.273. The van der Waals surface area contributed by atoms with Gasteiger partial charge in [0.1, 0.15) is 6.61 Å². The quantitative estimate of drug-likeness (QED) is 0.555. The maximum atomic E-state index is 11.6. The zero-order chi connectivity index (χ0) is 11.1. The first-order valence-electron chi connectivity index (χ1n) is 4.26. The van der Waals surface area contributed by atoms with Crippen LogP contribution in [0, 0.1) is 11.8 Å². The van der Waals surface area contributed by atoms with Gasteiger partial charge in [-0.1, -0.05) is 36.3 Å². The second kappa shape index (κ2) is 5.42. The van der Waals surface area contributed by atoms with Crippen LogP contribution in [0.1, 0.15) is 5.56 Å². The van der Waals surface area contributed by atoms with Crippen LogP contribution in [0.25, 0.3) is 0 Å². The molecule has 0 saturated carbocycles. The molecule has 0 unspecified atom stereocenters. The number of hydrogen-bond acceptors (Lipinski definition) is 1. The Morgan fingerprint density at radius 3 is 2.40 bits per heavy atom. The molecule has 0 N–H and O–H groups in total. The zero-order valence-corrected chi connectivity index (χ0v) is 7.84. The van der Waals surface area contributed by atoms with Gasteiger partial charge < -0.3 is 4.74 Å². The van der Waals surface area contributed by atoms with Gasteiger partial charge in [0, 0.05) is 5.92 Å². The topological polar surface area (TPSA) is 9.23 Å². The highest BCUT2D eigenvalue weighted by atomic mass is 19.4. The molecule has 1 aromatic rings. The molecule has 0 saturated heterocycles. The third-order valence-corrected chi connectivity index (χ3v) is 1.52. The third kappa shape index (κ3) is 5.76. The lowest BCUT2D eigenvalue weighted by Crippen LogP contribution is -2.02. The fourth-order valence-corrected chi connectivity index (χ4v) is 0.930. The summed E-state index contributed by atoms with van der Waals surface area (Å²) in [5, 5.41) is 0. The highest BCUT2D eigenvalue weighted by Crippen LogP contribution is 2.11. The Balaban J connectivity index is 2.25. The maximum absolute atomic E-state index is 11.6. The second-order valence-corrected chi connectivity index (χ2v) is 2.78. The Morgan fingerprint density at radius 2 is 1.80 bits per heavy atom. The Bertz CT molecular complexity index is 346. The summed E-state index contributed by atoms with van der Waals surface area (Å²) in [5.41, 5.74) is 0.909. The lowest BCUT2D eigenvalue weighted by molar-refractivity contribution is -0.0699. The van der Waals surface area contributed by atoms with Gasteiger partial charge >= 0.3 is 6.18 Å². The van der Waals surface area contributed by atoms with E-state index < -0.39 is 6.18 Å². The molecule has 0 aromatic heterocycles. The Kier molecular flexibility index (Phi) is 4.19. The van der Waals surface area contributed by atoms with Crippen molar-refractivity contribution < 1.29 is 17.9 Å². The van der Waals surface area contributed by atoms with E-state index in [1.54, 1.807) is 0 Å². The molecule has 0 spiro atoms. The number of halogens is 3. The molecule has 1 aromatic carbocycles. The molecular formula is C11H9F3O. The summed E-state index contributed by atoms with van der Waals surface area (Å²) in [6.07, 6.45) is -4.43. The first kappa shape index (κ1) is 11.6. The van der Waals surface area contributed by atoms with Crippen LogP contribution in [-0.2, 0) is 11.3 Å². The van der Waals surface area contributed by atoms with Crippen molar-refractivity contribution in [3.05, 3.63) is 35.9 Å². The summed E-state index contributed by atoms with van der Waals surface area (Å²) in [7, 11) is 0. The second-order valence-electron chi connectivity index (χ2n) is 2.78. The van der Waals surface area contributed by atoms with Crippen molar-refractivity contribution in [2.24, 2.45) is 0 Å². The number of ether oxygens (including phenoxy) is 1. The standard InChI is InChI=1S/C11H9F3O/c12-11(13,14)7-4-8-15-9-10-5-2-1-3-6-10/h1-3,5-6H,8-9H2. The molecule has 0 amide bonds. The summed E-state index contributed by atoms with van der Waals surface area (Å²) in [4.78, 5) is 0. The third-order valence-electron chi connectivity index (χ3n) is 1.52. The van der Waals surface area contributed by atoms with Crippen molar-refractivity contribution in [1.82, 2.24) is 0 Å². The molecule has 15 heavy (non-hydrogen) atoms. The Labute approximate surface area is 85.9 Å². The Hall–Kier alpha value is -1.47. The van der Waals surface area contributed by atoms with E-state index in [2.05, 4.69) is 0 Å². The number of alkyl halides is 3. The van der Waals surface area contributed by atoms with Crippen LogP contribution < -0.4 is 0 Å². The minimum Gasteiger partial charge on any atom is -0.364 e. The van der Waals surface area contributed by atoms with Gasteiger partial charge in [0.25, 0.3) is 0 Å². The summed E-state index contributed by atoms with van der Waals surface area (Å²) in [6, 6.07) is 9.18. The predicted molar refractivity (Wildman–Crippen MR) is 49.9 cm³/mol. The van der Waals surface area contributed by atoms with E-state index >= 15 is 0 Å². The minimum atomic E-state index is -4.43. The molecule has 0 aliphatic heterocycles. The van der Waals surface area contributed by atoms with E-state index in [0.29, 0.717) is 0 Å². The van der Waals surface area contributed by atoms with E-state index in [0.717, 1.165) is 11.5 Å². The fourth-order valence-electron chi connectivity index (χ4n) is 0.930. The summed E-state index contributed by atoms with van der Waals surface area (Å²) >= 11 is 0.